The van der Waals surface area contributed by atoms with Gasteiger partial charge < -0.3 is 0 Å². The molecule has 1 aromatic heterocycles. The van der Waals surface area contributed by atoms with Crippen molar-refractivity contribution >= 4 is 17.4 Å². The Labute approximate surface area is 109 Å². The van der Waals surface area contributed by atoms with Crippen molar-refractivity contribution in [3.63, 3.8) is 0 Å². The molecule has 0 N–H and O–H groups in total. The average molecular weight is 267 g/mol. The van der Waals surface area contributed by atoms with Crippen molar-refractivity contribution in [2.45, 2.75) is 13.3 Å². The van der Waals surface area contributed by atoms with Crippen LogP contribution in [0, 0.1) is 12.7 Å². The second kappa shape index (κ2) is 4.90. The van der Waals surface area contributed by atoms with Crippen LogP contribution in [0.4, 0.5) is 4.39 Å². The van der Waals surface area contributed by atoms with Gasteiger partial charge in [-0.15, -0.1) is 0 Å². The highest BCUT2D eigenvalue weighted by molar-refractivity contribution is 6.31. The molecule has 1 heterocycles. The van der Waals surface area contributed by atoms with Crippen LogP contribution in [0.3, 0.4) is 0 Å². The van der Waals surface area contributed by atoms with Crippen molar-refractivity contribution in [3.05, 3.63) is 52.1 Å². The Bertz CT molecular complexity index is 607. The number of nitrogens with zero attached hydrogens (tertiary/aromatic N) is 2. The second-order valence-electron chi connectivity index (χ2n) is 4.11. The Kier molecular flexibility index (Phi) is 3.48. The minimum atomic E-state index is -0.511. The lowest BCUT2D eigenvalue weighted by molar-refractivity contribution is 0.0984. The first kappa shape index (κ1) is 12.8. The van der Waals surface area contributed by atoms with Gasteiger partial charge in [0.2, 0.25) is 0 Å². The Hall–Kier alpha value is -1.68. The third-order valence-electron chi connectivity index (χ3n) is 2.67. The van der Waals surface area contributed by atoms with Gasteiger partial charge in [-0.2, -0.15) is 5.10 Å². The standard InChI is InChI=1S/C13H12ClFN2O/c1-8-6-11(17(2)16-8)12(18)7-9-4-3-5-10(15)13(9)14/h3-6H,7H2,1-2H3. The maximum Gasteiger partial charge on any atom is 0.185 e. The van der Waals surface area contributed by atoms with E-state index in [0.717, 1.165) is 5.69 Å². The average Bonchev–Trinajstić information content (AvgIpc) is 2.64. The number of halogens is 2. The predicted octanol–water partition coefficient (Wildman–Crippen LogP) is 2.95. The first-order chi connectivity index (χ1) is 8.49. The summed E-state index contributed by atoms with van der Waals surface area (Å²) in [6, 6.07) is 6.16. The normalized spacial score (nSPS) is 10.7. The molecule has 0 saturated heterocycles. The number of benzene rings is 1. The highest BCUT2D eigenvalue weighted by Crippen LogP contribution is 2.21. The molecule has 0 radical (unpaired) electrons. The number of aromatic nitrogens is 2. The summed E-state index contributed by atoms with van der Waals surface area (Å²) in [5.74, 6) is -0.645. The predicted molar refractivity (Wildman–Crippen MR) is 67.4 cm³/mol. The summed E-state index contributed by atoms with van der Waals surface area (Å²) in [7, 11) is 1.70. The fourth-order valence-electron chi connectivity index (χ4n) is 1.82. The Balaban J connectivity index is 2.27. The quantitative estimate of drug-likeness (QED) is 0.801. The maximum absolute atomic E-state index is 13.3. The summed E-state index contributed by atoms with van der Waals surface area (Å²) in [6.45, 7) is 1.81. The third kappa shape index (κ3) is 2.43. The van der Waals surface area contributed by atoms with E-state index in [1.54, 1.807) is 25.2 Å². The smallest absolute Gasteiger partial charge is 0.185 e. The number of hydrogen-bond donors (Lipinski definition) is 0. The fraction of sp³-hybridized carbons (Fsp3) is 0.231. The molecule has 0 atom stereocenters. The number of hydrogen-bond acceptors (Lipinski definition) is 2. The van der Waals surface area contributed by atoms with E-state index in [0.29, 0.717) is 11.3 Å². The van der Waals surface area contributed by atoms with Crippen LogP contribution in [0.25, 0.3) is 0 Å². The van der Waals surface area contributed by atoms with Crippen LogP contribution in [0.1, 0.15) is 21.7 Å². The molecule has 0 fully saturated rings. The Morgan fingerprint density at radius 1 is 1.50 bits per heavy atom. The van der Waals surface area contributed by atoms with Gasteiger partial charge in [-0.05, 0) is 24.6 Å². The summed E-state index contributed by atoms with van der Waals surface area (Å²) in [5.41, 5.74) is 1.75. The molecule has 0 amide bonds. The van der Waals surface area contributed by atoms with E-state index in [4.69, 9.17) is 11.6 Å². The fourth-order valence-corrected chi connectivity index (χ4v) is 2.01. The van der Waals surface area contributed by atoms with E-state index in [2.05, 4.69) is 5.10 Å². The van der Waals surface area contributed by atoms with E-state index >= 15 is 0 Å². The Morgan fingerprint density at radius 3 is 2.83 bits per heavy atom. The number of carbonyl (C=O) groups is 1. The van der Waals surface area contributed by atoms with Gasteiger partial charge in [-0.3, -0.25) is 9.48 Å². The van der Waals surface area contributed by atoms with Gasteiger partial charge in [-0.25, -0.2) is 4.39 Å². The molecular formula is C13H12ClFN2O. The first-order valence-electron chi connectivity index (χ1n) is 5.45. The maximum atomic E-state index is 13.3. The van der Waals surface area contributed by atoms with Crippen molar-refractivity contribution in [2.24, 2.45) is 7.05 Å². The lowest BCUT2D eigenvalue weighted by Crippen LogP contribution is -2.10. The largest absolute Gasteiger partial charge is 0.292 e. The molecule has 0 aliphatic rings. The number of ketones is 1. The zero-order chi connectivity index (χ0) is 13.3. The summed E-state index contributed by atoms with van der Waals surface area (Å²) in [6.07, 6.45) is 0.0650. The molecule has 18 heavy (non-hydrogen) atoms. The first-order valence-corrected chi connectivity index (χ1v) is 5.83. The molecule has 3 nitrogen and oxygen atoms in total. The summed E-state index contributed by atoms with van der Waals surface area (Å²) >= 11 is 5.82. The molecule has 0 aliphatic heterocycles. The van der Waals surface area contributed by atoms with E-state index < -0.39 is 5.82 Å². The van der Waals surface area contributed by atoms with Crippen molar-refractivity contribution in [2.75, 3.05) is 0 Å². The summed E-state index contributed by atoms with van der Waals surface area (Å²) < 4.78 is 14.8. The van der Waals surface area contributed by atoms with Gasteiger partial charge in [0.25, 0.3) is 0 Å². The van der Waals surface area contributed by atoms with E-state index in [-0.39, 0.29) is 17.2 Å². The highest BCUT2D eigenvalue weighted by atomic mass is 35.5. The number of aryl methyl sites for hydroxylation is 2. The molecule has 0 unspecified atom stereocenters. The van der Waals surface area contributed by atoms with Crippen LogP contribution in [0.2, 0.25) is 5.02 Å². The molecule has 0 bridgehead atoms. The molecule has 0 aliphatic carbocycles. The molecule has 1 aromatic carbocycles. The summed E-state index contributed by atoms with van der Waals surface area (Å²) in [5, 5.41) is 4.11. The lowest BCUT2D eigenvalue weighted by atomic mass is 10.1. The number of carbonyl (C=O) groups excluding carboxylic acids is 1. The Morgan fingerprint density at radius 2 is 2.22 bits per heavy atom. The van der Waals surface area contributed by atoms with Gasteiger partial charge in [0, 0.05) is 13.5 Å². The topological polar surface area (TPSA) is 34.9 Å². The van der Waals surface area contributed by atoms with E-state index in [1.165, 1.54) is 10.7 Å². The molecule has 5 heteroatoms. The molecule has 2 rings (SSSR count). The van der Waals surface area contributed by atoms with Crippen LogP contribution in [-0.2, 0) is 13.5 Å². The minimum absolute atomic E-state index is 0.00439. The lowest BCUT2D eigenvalue weighted by Gasteiger charge is -2.04. The zero-order valence-electron chi connectivity index (χ0n) is 10.1. The molecule has 94 valence electrons. The number of Topliss-reactive ketones (excluding diaryl/α,β-unsaturated/α-hetero) is 1. The van der Waals surface area contributed by atoms with Crippen molar-refractivity contribution in [3.8, 4) is 0 Å². The van der Waals surface area contributed by atoms with Gasteiger partial charge in [-0.1, -0.05) is 23.7 Å². The van der Waals surface area contributed by atoms with Gasteiger partial charge in [0.1, 0.15) is 11.5 Å². The third-order valence-corrected chi connectivity index (χ3v) is 3.09. The molecular weight excluding hydrogens is 255 g/mol. The molecule has 0 saturated carbocycles. The van der Waals surface area contributed by atoms with Crippen LogP contribution >= 0.6 is 11.6 Å². The summed E-state index contributed by atoms with van der Waals surface area (Å²) in [4.78, 5) is 12.1. The molecule has 0 spiro atoms. The van der Waals surface area contributed by atoms with Crippen LogP contribution in [0.5, 0.6) is 0 Å². The van der Waals surface area contributed by atoms with Crippen molar-refractivity contribution in [1.29, 1.82) is 0 Å². The van der Waals surface area contributed by atoms with Gasteiger partial charge >= 0.3 is 0 Å². The van der Waals surface area contributed by atoms with Gasteiger partial charge in [0.15, 0.2) is 5.78 Å². The van der Waals surface area contributed by atoms with Crippen molar-refractivity contribution in [1.82, 2.24) is 9.78 Å². The van der Waals surface area contributed by atoms with Crippen LogP contribution in [-0.4, -0.2) is 15.6 Å². The second-order valence-corrected chi connectivity index (χ2v) is 4.49. The monoisotopic (exact) mass is 266 g/mol. The van der Waals surface area contributed by atoms with E-state index in [1.807, 2.05) is 6.92 Å². The zero-order valence-corrected chi connectivity index (χ0v) is 10.8. The molecule has 2 aromatic rings. The van der Waals surface area contributed by atoms with Crippen LogP contribution < -0.4 is 0 Å². The highest BCUT2D eigenvalue weighted by Gasteiger charge is 2.15. The van der Waals surface area contributed by atoms with Crippen LogP contribution in [0.15, 0.2) is 24.3 Å². The SMILES string of the molecule is Cc1cc(C(=O)Cc2cccc(F)c2Cl)n(C)n1. The van der Waals surface area contributed by atoms with E-state index in [9.17, 15) is 9.18 Å². The minimum Gasteiger partial charge on any atom is -0.292 e. The number of rotatable bonds is 3. The van der Waals surface area contributed by atoms with Crippen molar-refractivity contribution < 1.29 is 9.18 Å². The van der Waals surface area contributed by atoms with Gasteiger partial charge in [0.05, 0.1) is 10.7 Å².